The lowest BCUT2D eigenvalue weighted by atomic mass is 10.2. The van der Waals surface area contributed by atoms with E-state index in [0.717, 1.165) is 0 Å². The first-order chi connectivity index (χ1) is 12.0. The van der Waals surface area contributed by atoms with Gasteiger partial charge in [-0.3, -0.25) is 4.79 Å². The Balaban J connectivity index is 1.54. The molecule has 0 unspecified atom stereocenters. The molecule has 1 saturated heterocycles. The molecule has 2 heterocycles. The van der Waals surface area contributed by atoms with E-state index >= 15 is 0 Å². The maximum Gasteiger partial charge on any atom is 0.243 e. The summed E-state index contributed by atoms with van der Waals surface area (Å²) in [5.41, 5.74) is 0. The molecule has 0 aliphatic carbocycles. The molecular weight excluding hydrogens is 344 g/mol. The lowest BCUT2D eigenvalue weighted by molar-refractivity contribution is -0.132. The van der Waals surface area contributed by atoms with Gasteiger partial charge in [-0.1, -0.05) is 18.2 Å². The third-order valence-corrected chi connectivity index (χ3v) is 6.01. The van der Waals surface area contributed by atoms with Gasteiger partial charge in [-0.15, -0.1) is 10.2 Å². The Morgan fingerprint density at radius 2 is 1.80 bits per heavy atom. The van der Waals surface area contributed by atoms with Gasteiger partial charge in [0.1, 0.15) is 0 Å². The van der Waals surface area contributed by atoms with E-state index in [4.69, 9.17) is 4.42 Å². The predicted molar refractivity (Wildman–Crippen MR) is 89.1 cm³/mol. The summed E-state index contributed by atoms with van der Waals surface area (Å²) in [6, 6.07) is 8.34. The Morgan fingerprint density at radius 3 is 2.40 bits per heavy atom. The molecule has 0 radical (unpaired) electrons. The summed E-state index contributed by atoms with van der Waals surface area (Å²) in [5.74, 6) is 0.880. The number of carbonyl (C=O) groups excluding carboxylic acids is 1. The van der Waals surface area contributed by atoms with Gasteiger partial charge in [0.25, 0.3) is 0 Å². The van der Waals surface area contributed by atoms with Gasteiger partial charge in [-0.25, -0.2) is 8.42 Å². The minimum Gasteiger partial charge on any atom is -0.426 e. The number of hydrogen-bond acceptors (Lipinski definition) is 6. The zero-order chi connectivity index (χ0) is 17.9. The average molecular weight is 364 g/mol. The second-order valence-electron chi connectivity index (χ2n) is 5.81. The molecule has 0 atom stereocenters. The van der Waals surface area contributed by atoms with E-state index in [-0.39, 0.29) is 17.2 Å². The molecule has 0 N–H and O–H groups in total. The van der Waals surface area contributed by atoms with E-state index in [2.05, 4.69) is 10.2 Å². The van der Waals surface area contributed by atoms with Crippen molar-refractivity contribution in [1.29, 1.82) is 0 Å². The van der Waals surface area contributed by atoms with Gasteiger partial charge in [0.15, 0.2) is 0 Å². The minimum atomic E-state index is -3.50. The normalized spacial score (nSPS) is 16.1. The van der Waals surface area contributed by atoms with Crippen LogP contribution < -0.4 is 0 Å². The summed E-state index contributed by atoms with van der Waals surface area (Å²) in [4.78, 5) is 14.2. The van der Waals surface area contributed by atoms with Gasteiger partial charge in [0.05, 0.1) is 4.90 Å². The molecule has 1 aromatic carbocycles. The smallest absolute Gasteiger partial charge is 0.243 e. The van der Waals surface area contributed by atoms with Gasteiger partial charge >= 0.3 is 0 Å². The molecule has 0 spiro atoms. The van der Waals surface area contributed by atoms with Crippen LogP contribution in [0.3, 0.4) is 0 Å². The van der Waals surface area contributed by atoms with Crippen molar-refractivity contribution in [2.75, 3.05) is 26.2 Å². The highest BCUT2D eigenvalue weighted by molar-refractivity contribution is 7.89. The van der Waals surface area contributed by atoms with Gasteiger partial charge in [0.2, 0.25) is 27.7 Å². The highest BCUT2D eigenvalue weighted by Gasteiger charge is 2.29. The molecule has 8 nitrogen and oxygen atoms in total. The monoisotopic (exact) mass is 364 g/mol. The van der Waals surface area contributed by atoms with Crippen LogP contribution in [0.5, 0.6) is 0 Å². The summed E-state index contributed by atoms with van der Waals surface area (Å²) < 4.78 is 31.8. The fourth-order valence-electron chi connectivity index (χ4n) is 2.73. The number of nitrogens with zero attached hydrogens (tertiary/aromatic N) is 4. The number of sulfonamides is 1. The van der Waals surface area contributed by atoms with Crippen molar-refractivity contribution in [2.45, 2.75) is 24.7 Å². The molecule has 0 saturated carbocycles. The van der Waals surface area contributed by atoms with E-state index in [0.29, 0.717) is 44.4 Å². The van der Waals surface area contributed by atoms with Crippen LogP contribution in [0, 0.1) is 6.92 Å². The molecule has 25 heavy (non-hydrogen) atoms. The van der Waals surface area contributed by atoms with Crippen LogP contribution in [-0.4, -0.2) is 59.9 Å². The number of benzene rings is 1. The Labute approximate surface area is 146 Å². The fraction of sp³-hybridized carbons (Fsp3) is 0.438. The molecule has 2 aromatic rings. The first-order valence-electron chi connectivity index (χ1n) is 8.09. The number of aryl methyl sites for hydroxylation is 2. The first kappa shape index (κ1) is 17.6. The maximum atomic E-state index is 12.6. The lowest BCUT2D eigenvalue weighted by Gasteiger charge is -2.34. The molecule has 1 fully saturated rings. The molecule has 3 rings (SSSR count). The Morgan fingerprint density at radius 1 is 1.12 bits per heavy atom. The summed E-state index contributed by atoms with van der Waals surface area (Å²) in [6.45, 7) is 3.05. The standard InChI is InChI=1S/C16H20N4O4S/c1-13-17-18-15(24-13)7-8-16(21)19-9-11-20(12-10-19)25(22,23)14-5-3-2-4-6-14/h2-6H,7-12H2,1H3. The van der Waals surface area contributed by atoms with Crippen LogP contribution in [0.25, 0.3) is 0 Å². The Hall–Kier alpha value is -2.26. The van der Waals surface area contributed by atoms with E-state index in [1.165, 1.54) is 4.31 Å². The van der Waals surface area contributed by atoms with Crippen molar-refractivity contribution in [3.63, 3.8) is 0 Å². The first-order valence-corrected chi connectivity index (χ1v) is 9.53. The number of aromatic nitrogens is 2. The number of rotatable bonds is 5. The average Bonchev–Trinajstić information content (AvgIpc) is 3.06. The van der Waals surface area contributed by atoms with Gasteiger partial charge in [0, 0.05) is 45.9 Å². The van der Waals surface area contributed by atoms with Crippen LogP contribution in [0.1, 0.15) is 18.2 Å². The zero-order valence-electron chi connectivity index (χ0n) is 14.0. The van der Waals surface area contributed by atoms with Crippen molar-refractivity contribution in [3.05, 3.63) is 42.1 Å². The van der Waals surface area contributed by atoms with Crippen LogP contribution in [0.15, 0.2) is 39.6 Å². The maximum absolute atomic E-state index is 12.6. The Bertz CT molecular complexity index is 827. The van der Waals surface area contributed by atoms with E-state index < -0.39 is 10.0 Å². The second kappa shape index (κ2) is 7.32. The molecule has 9 heteroatoms. The summed E-state index contributed by atoms with van der Waals surface area (Å²) in [5, 5.41) is 7.59. The second-order valence-corrected chi connectivity index (χ2v) is 7.75. The van der Waals surface area contributed by atoms with Crippen LogP contribution in [0.2, 0.25) is 0 Å². The van der Waals surface area contributed by atoms with E-state index in [1.54, 1.807) is 42.2 Å². The summed E-state index contributed by atoms with van der Waals surface area (Å²) in [7, 11) is -3.50. The molecule has 1 aliphatic rings. The molecular formula is C16H20N4O4S. The van der Waals surface area contributed by atoms with Gasteiger partial charge in [-0.2, -0.15) is 4.31 Å². The molecule has 1 aromatic heterocycles. The largest absolute Gasteiger partial charge is 0.426 e. The number of hydrogen-bond donors (Lipinski definition) is 0. The van der Waals surface area contributed by atoms with Crippen molar-refractivity contribution < 1.29 is 17.6 Å². The van der Waals surface area contributed by atoms with Crippen LogP contribution in [-0.2, 0) is 21.2 Å². The fourth-order valence-corrected chi connectivity index (χ4v) is 4.17. The van der Waals surface area contributed by atoms with E-state index in [1.807, 2.05) is 0 Å². The van der Waals surface area contributed by atoms with Crippen LogP contribution in [0.4, 0.5) is 0 Å². The van der Waals surface area contributed by atoms with Crippen molar-refractivity contribution in [1.82, 2.24) is 19.4 Å². The van der Waals surface area contributed by atoms with Gasteiger partial charge < -0.3 is 9.32 Å². The molecule has 0 bridgehead atoms. The lowest BCUT2D eigenvalue weighted by Crippen LogP contribution is -2.50. The zero-order valence-corrected chi connectivity index (χ0v) is 14.8. The third kappa shape index (κ3) is 4.05. The minimum absolute atomic E-state index is 0.0346. The van der Waals surface area contributed by atoms with E-state index in [9.17, 15) is 13.2 Å². The van der Waals surface area contributed by atoms with Crippen molar-refractivity contribution in [3.8, 4) is 0 Å². The highest BCUT2D eigenvalue weighted by atomic mass is 32.2. The highest BCUT2D eigenvalue weighted by Crippen LogP contribution is 2.17. The summed E-state index contributed by atoms with van der Waals surface area (Å²) >= 11 is 0. The van der Waals surface area contributed by atoms with Crippen molar-refractivity contribution in [2.24, 2.45) is 0 Å². The topological polar surface area (TPSA) is 96.6 Å². The quantitative estimate of drug-likeness (QED) is 0.780. The third-order valence-electron chi connectivity index (χ3n) is 4.09. The molecule has 134 valence electrons. The predicted octanol–water partition coefficient (Wildman–Crippen LogP) is 0.844. The molecule has 1 amide bonds. The SMILES string of the molecule is Cc1nnc(CCC(=O)N2CCN(S(=O)(=O)c3ccccc3)CC2)o1. The van der Waals surface area contributed by atoms with Gasteiger partial charge in [-0.05, 0) is 12.1 Å². The number of carbonyl (C=O) groups is 1. The van der Waals surface area contributed by atoms with Crippen molar-refractivity contribution >= 4 is 15.9 Å². The number of amides is 1. The number of piperazine rings is 1. The summed E-state index contributed by atoms with van der Waals surface area (Å²) in [6.07, 6.45) is 0.662. The van der Waals surface area contributed by atoms with Crippen LogP contribution >= 0.6 is 0 Å². The Kier molecular flexibility index (Phi) is 5.14. The molecule has 1 aliphatic heterocycles.